The molecule has 0 aromatic heterocycles. The number of hydrogen-bond donors (Lipinski definition) is 2. The van der Waals surface area contributed by atoms with Crippen molar-refractivity contribution in [3.05, 3.63) is 59.1 Å². The number of amidine groups is 1. The highest BCUT2D eigenvalue weighted by Gasteiger charge is 2.48. The van der Waals surface area contributed by atoms with E-state index in [0.717, 1.165) is 0 Å². The van der Waals surface area contributed by atoms with E-state index in [4.69, 9.17) is 11.6 Å². The van der Waals surface area contributed by atoms with E-state index in [1.54, 1.807) is 48.5 Å². The number of nitrogens with zero attached hydrogens (tertiary/aromatic N) is 2. The van der Waals surface area contributed by atoms with Crippen LogP contribution in [0.5, 0.6) is 5.75 Å². The van der Waals surface area contributed by atoms with Crippen LogP contribution in [0.3, 0.4) is 0 Å². The Bertz CT molecular complexity index is 913. The number of benzene rings is 2. The molecule has 1 amide bonds. The molecule has 0 bridgehead atoms. The normalized spacial score (nSPS) is 20.4. The molecule has 1 atom stereocenters. The Morgan fingerprint density at radius 1 is 1.19 bits per heavy atom. The Morgan fingerprint density at radius 2 is 1.93 bits per heavy atom. The highest BCUT2D eigenvalue weighted by Crippen LogP contribution is 2.33. The van der Waals surface area contributed by atoms with Gasteiger partial charge in [0, 0.05) is 29.7 Å². The maximum absolute atomic E-state index is 12.8. The molecule has 6 nitrogen and oxygen atoms in total. The summed E-state index contributed by atoms with van der Waals surface area (Å²) in [6.45, 7) is 0.979. The number of rotatable bonds is 3. The molecule has 0 radical (unpaired) electrons. The number of carbonyl (C=O) groups excluding carboxylic acids is 1. The molecule has 27 heavy (non-hydrogen) atoms. The molecular formula is C19H18ClN3O3S. The van der Waals surface area contributed by atoms with Crippen molar-refractivity contribution < 1.29 is 14.5 Å². The van der Waals surface area contributed by atoms with E-state index in [0.29, 0.717) is 47.2 Å². The summed E-state index contributed by atoms with van der Waals surface area (Å²) < 4.78 is 14.6. The smallest absolute Gasteiger partial charge is 0.253 e. The highest BCUT2D eigenvalue weighted by atomic mass is 35.5. The lowest BCUT2D eigenvalue weighted by Gasteiger charge is -2.34. The zero-order valence-corrected chi connectivity index (χ0v) is 16.0. The topological polar surface area (TPSA) is 88.0 Å². The molecule has 8 heteroatoms. The van der Waals surface area contributed by atoms with Crippen molar-refractivity contribution in [1.29, 1.82) is 0 Å². The average molecular weight is 404 g/mol. The van der Waals surface area contributed by atoms with Gasteiger partial charge in [0.05, 0.1) is 11.4 Å². The first-order valence-corrected chi connectivity index (χ1v) is 10.1. The van der Waals surface area contributed by atoms with Gasteiger partial charge in [-0.05, 0) is 37.1 Å². The number of aromatic hydroxyl groups is 1. The quantitative estimate of drug-likeness (QED) is 0.770. The van der Waals surface area contributed by atoms with Crippen LogP contribution < -0.4 is 5.32 Å². The van der Waals surface area contributed by atoms with Gasteiger partial charge in [-0.15, -0.1) is 4.31 Å². The van der Waals surface area contributed by atoms with Crippen molar-refractivity contribution in [2.45, 2.75) is 23.3 Å². The first-order chi connectivity index (χ1) is 13.0. The van der Waals surface area contributed by atoms with E-state index in [2.05, 4.69) is 10.3 Å². The molecule has 0 aliphatic carbocycles. The average Bonchev–Trinajstić information content (AvgIpc) is 2.98. The number of carbonyl (C=O) groups is 1. The number of aliphatic imine (C=N–C) groups is 1. The number of hydrogen-bond acceptors (Lipinski definition) is 5. The largest absolute Gasteiger partial charge is 0.593 e. The zero-order valence-electron chi connectivity index (χ0n) is 14.4. The summed E-state index contributed by atoms with van der Waals surface area (Å²) in [6, 6.07) is 13.6. The van der Waals surface area contributed by atoms with Crippen molar-refractivity contribution in [3.63, 3.8) is 0 Å². The summed E-state index contributed by atoms with van der Waals surface area (Å²) in [5, 5.41) is 13.0. The lowest BCUT2D eigenvalue weighted by molar-refractivity contribution is -0.124. The van der Waals surface area contributed by atoms with Crippen LogP contribution in [0.15, 0.2) is 58.4 Å². The second-order valence-electron chi connectivity index (χ2n) is 6.63. The fourth-order valence-corrected chi connectivity index (χ4v) is 4.88. The first-order valence-electron chi connectivity index (χ1n) is 8.60. The summed E-state index contributed by atoms with van der Waals surface area (Å²) in [6.07, 6.45) is 0.959. The molecule has 1 spiro atoms. The molecule has 2 aromatic rings. The van der Waals surface area contributed by atoms with Gasteiger partial charge in [-0.25, -0.2) is 0 Å². The number of nitrogens with one attached hydrogen (secondary N) is 1. The van der Waals surface area contributed by atoms with Crippen molar-refractivity contribution in [1.82, 2.24) is 9.62 Å². The fourth-order valence-electron chi connectivity index (χ4n) is 3.39. The molecule has 4 rings (SSSR count). The van der Waals surface area contributed by atoms with Crippen LogP contribution in [-0.4, -0.2) is 44.3 Å². The van der Waals surface area contributed by atoms with Crippen LogP contribution >= 0.6 is 11.6 Å². The third-order valence-electron chi connectivity index (χ3n) is 4.88. The van der Waals surface area contributed by atoms with E-state index in [1.807, 2.05) is 4.31 Å². The van der Waals surface area contributed by atoms with E-state index >= 15 is 0 Å². The van der Waals surface area contributed by atoms with Gasteiger partial charge < -0.3 is 15.0 Å². The summed E-state index contributed by atoms with van der Waals surface area (Å²) in [7, 11) is 0. The van der Waals surface area contributed by atoms with Gasteiger partial charge in [0.25, 0.3) is 5.91 Å². The lowest BCUT2D eigenvalue weighted by atomic mass is 9.89. The van der Waals surface area contributed by atoms with E-state index in [1.165, 1.54) is 0 Å². The molecule has 2 N–H and O–H groups in total. The summed E-state index contributed by atoms with van der Waals surface area (Å²) in [4.78, 5) is 17.9. The van der Waals surface area contributed by atoms with E-state index < -0.39 is 16.9 Å². The van der Waals surface area contributed by atoms with Crippen molar-refractivity contribution >= 4 is 34.7 Å². The third kappa shape index (κ3) is 3.55. The van der Waals surface area contributed by atoms with E-state index in [9.17, 15) is 14.5 Å². The Balaban J connectivity index is 1.50. The second kappa shape index (κ2) is 7.16. The molecular weight excluding hydrogens is 386 g/mol. The minimum absolute atomic E-state index is 0.122. The van der Waals surface area contributed by atoms with E-state index in [-0.39, 0.29) is 11.7 Å². The Hall–Kier alpha value is -2.06. The lowest BCUT2D eigenvalue weighted by Crippen LogP contribution is -2.50. The first kappa shape index (κ1) is 18.3. The van der Waals surface area contributed by atoms with Crippen molar-refractivity contribution in [2.75, 3.05) is 13.1 Å². The summed E-state index contributed by atoms with van der Waals surface area (Å²) in [5.74, 6) is 0.450. The van der Waals surface area contributed by atoms with Gasteiger partial charge in [0.15, 0.2) is 4.90 Å². The Labute approximate surface area is 165 Å². The number of phenols is 1. The standard InChI is InChI=1S/C19H18ClN3O3S/c20-14-4-2-6-16(12-14)27(26)23-9-7-19(8-10-23)18(25)21-17(22-19)13-3-1-5-15(24)11-13/h1-6,11-12,24H,7-10H2,(H,21,22,25). The third-order valence-corrected chi connectivity index (χ3v) is 6.61. The van der Waals surface area contributed by atoms with Gasteiger partial charge in [-0.3, -0.25) is 9.79 Å². The second-order valence-corrected chi connectivity index (χ2v) is 8.55. The highest BCUT2D eigenvalue weighted by molar-refractivity contribution is 7.89. The monoisotopic (exact) mass is 403 g/mol. The maximum Gasteiger partial charge on any atom is 0.253 e. The Morgan fingerprint density at radius 3 is 2.63 bits per heavy atom. The van der Waals surface area contributed by atoms with Crippen molar-refractivity contribution in [3.8, 4) is 5.75 Å². The maximum atomic E-state index is 12.8. The number of halogens is 1. The fraction of sp³-hybridized carbons (Fsp3) is 0.263. The predicted octanol–water partition coefficient (Wildman–Crippen LogP) is 2.48. The van der Waals surface area contributed by atoms with Crippen LogP contribution in [0.4, 0.5) is 0 Å². The molecule has 140 valence electrons. The SMILES string of the molecule is O=C1NC(c2cccc(O)c2)=NC12CCN([S+]([O-])c1cccc(Cl)c1)CC2. The number of phenolic OH excluding ortho intramolecular Hbond substituents is 1. The number of amides is 1. The minimum Gasteiger partial charge on any atom is -0.593 e. The van der Waals surface area contributed by atoms with Crippen LogP contribution in [0.25, 0.3) is 0 Å². The molecule has 1 unspecified atom stereocenters. The molecule has 2 aliphatic rings. The molecule has 2 aliphatic heterocycles. The van der Waals surface area contributed by atoms with Gasteiger partial charge in [0.2, 0.25) is 0 Å². The van der Waals surface area contributed by atoms with Gasteiger partial charge in [-0.1, -0.05) is 29.8 Å². The van der Waals surface area contributed by atoms with Crippen molar-refractivity contribution in [2.24, 2.45) is 4.99 Å². The molecule has 1 saturated heterocycles. The summed E-state index contributed by atoms with van der Waals surface area (Å²) in [5.41, 5.74) is -0.166. The van der Waals surface area contributed by atoms with Gasteiger partial charge in [-0.2, -0.15) is 0 Å². The van der Waals surface area contributed by atoms with Gasteiger partial charge in [0.1, 0.15) is 17.1 Å². The minimum atomic E-state index is -1.32. The van der Waals surface area contributed by atoms with Crippen LogP contribution in [-0.2, 0) is 16.2 Å². The number of piperidine rings is 1. The van der Waals surface area contributed by atoms with Crippen LogP contribution in [0.1, 0.15) is 18.4 Å². The predicted molar refractivity (Wildman–Crippen MR) is 104 cm³/mol. The van der Waals surface area contributed by atoms with Crippen LogP contribution in [0, 0.1) is 0 Å². The van der Waals surface area contributed by atoms with Crippen LogP contribution in [0.2, 0.25) is 5.02 Å². The molecule has 2 aromatic carbocycles. The summed E-state index contributed by atoms with van der Waals surface area (Å²) >= 11 is 4.67. The molecule has 0 saturated carbocycles. The molecule has 2 heterocycles. The zero-order chi connectivity index (χ0) is 19.0. The Kier molecular flexibility index (Phi) is 4.86. The molecule has 1 fully saturated rings. The van der Waals surface area contributed by atoms with Gasteiger partial charge >= 0.3 is 0 Å².